The molecule has 9 nitrogen and oxygen atoms in total. The van der Waals surface area contributed by atoms with E-state index in [1.165, 1.54) is 0 Å². The maximum absolute atomic E-state index is 12.9. The standard InChI is InChI=1S/C28H25N3O6/c1-37-17-8-5-15(6-9-17)27(35)29-16-7-11-21-19(13-16)20(28(36)31-21)14-23-18(10-12-25(33)34)26-22(30-23)3-2-4-24(26)32/h5-9,11,13-14,30H,2-4,10,12H2,1H3,(H,29,35)(H,31,36)(H,33,34)/b20-14-. The number of ether oxygens (including phenoxy) is 1. The number of rotatable bonds is 7. The Morgan fingerprint density at radius 1 is 1.11 bits per heavy atom. The normalized spacial score (nSPS) is 15.2. The van der Waals surface area contributed by atoms with Crippen molar-refractivity contribution in [3.8, 4) is 5.75 Å². The number of benzene rings is 2. The van der Waals surface area contributed by atoms with E-state index in [2.05, 4.69) is 15.6 Å². The van der Waals surface area contributed by atoms with Crippen LogP contribution in [-0.4, -0.2) is 40.8 Å². The van der Waals surface area contributed by atoms with E-state index < -0.39 is 5.97 Å². The molecular formula is C28H25N3O6. The van der Waals surface area contributed by atoms with E-state index in [0.29, 0.717) is 63.5 Å². The van der Waals surface area contributed by atoms with E-state index in [1.54, 1.807) is 55.7 Å². The molecule has 0 spiro atoms. The van der Waals surface area contributed by atoms with Crippen LogP contribution in [0.4, 0.5) is 11.4 Å². The monoisotopic (exact) mass is 499 g/mol. The molecule has 2 amide bonds. The van der Waals surface area contributed by atoms with E-state index in [9.17, 15) is 24.3 Å². The Labute approximate surface area is 212 Å². The predicted molar refractivity (Wildman–Crippen MR) is 138 cm³/mol. The molecule has 0 atom stereocenters. The molecule has 0 saturated carbocycles. The molecule has 4 N–H and O–H groups in total. The van der Waals surface area contributed by atoms with Gasteiger partial charge in [0.05, 0.1) is 12.7 Å². The SMILES string of the molecule is COc1ccc(C(=O)Nc2ccc3c(c2)/C(=C/c2[nH]c4c(c2CCC(=O)O)C(=O)CCC4)C(=O)N3)cc1. The van der Waals surface area contributed by atoms with Gasteiger partial charge in [0.25, 0.3) is 11.8 Å². The lowest BCUT2D eigenvalue weighted by Gasteiger charge is -2.11. The number of nitrogens with one attached hydrogen (secondary N) is 3. The van der Waals surface area contributed by atoms with E-state index in [4.69, 9.17) is 4.74 Å². The second-order valence-corrected chi connectivity index (χ2v) is 9.00. The van der Waals surface area contributed by atoms with Crippen LogP contribution in [0.3, 0.4) is 0 Å². The molecule has 1 aliphatic heterocycles. The Morgan fingerprint density at radius 3 is 2.62 bits per heavy atom. The molecule has 2 aromatic carbocycles. The van der Waals surface area contributed by atoms with Crippen LogP contribution in [0.25, 0.3) is 11.6 Å². The number of hydrogen-bond acceptors (Lipinski definition) is 5. The first-order valence-corrected chi connectivity index (χ1v) is 12.0. The number of anilines is 2. The van der Waals surface area contributed by atoms with Gasteiger partial charge >= 0.3 is 5.97 Å². The number of aromatic amines is 1. The number of carbonyl (C=O) groups excluding carboxylic acids is 3. The van der Waals surface area contributed by atoms with Gasteiger partial charge in [-0.25, -0.2) is 0 Å². The van der Waals surface area contributed by atoms with Gasteiger partial charge in [-0.1, -0.05) is 0 Å². The molecule has 3 aromatic rings. The van der Waals surface area contributed by atoms with Gasteiger partial charge in [-0.3, -0.25) is 19.2 Å². The summed E-state index contributed by atoms with van der Waals surface area (Å²) < 4.78 is 5.13. The van der Waals surface area contributed by atoms with Crippen molar-refractivity contribution in [2.24, 2.45) is 0 Å². The molecule has 0 radical (unpaired) electrons. The highest BCUT2D eigenvalue weighted by atomic mass is 16.5. The molecular weight excluding hydrogens is 474 g/mol. The summed E-state index contributed by atoms with van der Waals surface area (Å²) in [5, 5.41) is 14.9. The van der Waals surface area contributed by atoms with Crippen LogP contribution in [0.5, 0.6) is 5.75 Å². The van der Waals surface area contributed by atoms with Gasteiger partial charge in [0.15, 0.2) is 5.78 Å². The Morgan fingerprint density at radius 2 is 1.89 bits per heavy atom. The molecule has 0 fully saturated rings. The highest BCUT2D eigenvalue weighted by Gasteiger charge is 2.29. The second-order valence-electron chi connectivity index (χ2n) is 9.00. The summed E-state index contributed by atoms with van der Waals surface area (Å²) in [4.78, 5) is 52.8. The summed E-state index contributed by atoms with van der Waals surface area (Å²) in [6.45, 7) is 0. The third kappa shape index (κ3) is 4.75. The van der Waals surface area contributed by atoms with Crippen molar-refractivity contribution in [2.75, 3.05) is 17.7 Å². The predicted octanol–water partition coefficient (Wildman–Crippen LogP) is 4.30. The molecule has 9 heteroatoms. The first-order valence-electron chi connectivity index (χ1n) is 12.0. The zero-order chi connectivity index (χ0) is 26.1. The summed E-state index contributed by atoms with van der Waals surface area (Å²) in [5.74, 6) is -0.960. The molecule has 0 unspecified atom stereocenters. The summed E-state index contributed by atoms with van der Waals surface area (Å²) in [5.41, 5.74) is 5.04. The van der Waals surface area contributed by atoms with Gasteiger partial charge in [0, 0.05) is 52.3 Å². The van der Waals surface area contributed by atoms with Crippen LogP contribution < -0.4 is 15.4 Å². The third-order valence-electron chi connectivity index (χ3n) is 6.61. The summed E-state index contributed by atoms with van der Waals surface area (Å²) in [7, 11) is 1.55. The number of carboxylic acids is 1. The average Bonchev–Trinajstić information content (AvgIpc) is 3.40. The second kappa shape index (κ2) is 9.77. The van der Waals surface area contributed by atoms with Crippen molar-refractivity contribution in [3.05, 3.63) is 76.1 Å². The number of fused-ring (bicyclic) bond motifs is 2. The number of H-pyrrole nitrogens is 1. The van der Waals surface area contributed by atoms with Gasteiger partial charge in [0.2, 0.25) is 0 Å². The molecule has 0 saturated heterocycles. The van der Waals surface area contributed by atoms with E-state index in [1.807, 2.05) is 0 Å². The van der Waals surface area contributed by atoms with Crippen molar-refractivity contribution in [2.45, 2.75) is 32.1 Å². The smallest absolute Gasteiger partial charge is 0.303 e. The molecule has 5 rings (SSSR count). The lowest BCUT2D eigenvalue weighted by Crippen LogP contribution is -2.12. The number of amides is 2. The number of hydrogen-bond donors (Lipinski definition) is 4. The zero-order valence-corrected chi connectivity index (χ0v) is 20.1. The first-order chi connectivity index (χ1) is 17.8. The van der Waals surface area contributed by atoms with Gasteiger partial charge in [0.1, 0.15) is 5.75 Å². The fourth-order valence-electron chi connectivity index (χ4n) is 4.81. The van der Waals surface area contributed by atoms with Crippen LogP contribution in [0, 0.1) is 0 Å². The maximum atomic E-state index is 12.9. The van der Waals surface area contributed by atoms with Crippen LogP contribution in [0.1, 0.15) is 62.5 Å². The lowest BCUT2D eigenvalue weighted by molar-refractivity contribution is -0.137. The number of ketones is 1. The quantitative estimate of drug-likeness (QED) is 0.358. The van der Waals surface area contributed by atoms with E-state index in [-0.39, 0.29) is 30.4 Å². The minimum Gasteiger partial charge on any atom is -0.497 e. The fourth-order valence-corrected chi connectivity index (χ4v) is 4.81. The number of aliphatic carboxylic acids is 1. The Kier molecular flexibility index (Phi) is 6.35. The van der Waals surface area contributed by atoms with E-state index >= 15 is 0 Å². The summed E-state index contributed by atoms with van der Waals surface area (Å²) in [6, 6.07) is 11.8. The molecule has 0 bridgehead atoms. The van der Waals surface area contributed by atoms with Crippen molar-refractivity contribution < 1.29 is 29.0 Å². The summed E-state index contributed by atoms with van der Waals surface area (Å²) >= 11 is 0. The number of aromatic nitrogens is 1. The first kappa shape index (κ1) is 24.1. The van der Waals surface area contributed by atoms with Crippen LogP contribution in [-0.2, 0) is 22.4 Å². The average molecular weight is 500 g/mol. The third-order valence-corrected chi connectivity index (χ3v) is 6.61. The van der Waals surface area contributed by atoms with Gasteiger partial charge in [-0.15, -0.1) is 0 Å². The van der Waals surface area contributed by atoms with Crippen LogP contribution >= 0.6 is 0 Å². The van der Waals surface area contributed by atoms with Gasteiger partial charge < -0.3 is 25.5 Å². The lowest BCUT2D eigenvalue weighted by atomic mass is 9.91. The molecule has 1 aromatic heterocycles. The highest BCUT2D eigenvalue weighted by Crippen LogP contribution is 2.37. The van der Waals surface area contributed by atoms with Crippen LogP contribution in [0.2, 0.25) is 0 Å². The zero-order valence-electron chi connectivity index (χ0n) is 20.1. The highest BCUT2D eigenvalue weighted by molar-refractivity contribution is 6.35. The fraction of sp³-hybridized carbons (Fsp3) is 0.214. The number of aryl methyl sites for hydroxylation is 1. The number of carboxylic acid groups (broad SMARTS) is 1. The molecule has 2 heterocycles. The Balaban J connectivity index is 1.48. The van der Waals surface area contributed by atoms with E-state index in [0.717, 1.165) is 12.1 Å². The van der Waals surface area contributed by atoms with Gasteiger partial charge in [-0.2, -0.15) is 0 Å². The molecule has 188 valence electrons. The Bertz CT molecular complexity index is 1470. The largest absolute Gasteiger partial charge is 0.497 e. The molecule has 1 aliphatic carbocycles. The minimum atomic E-state index is -0.960. The van der Waals surface area contributed by atoms with Crippen molar-refractivity contribution in [3.63, 3.8) is 0 Å². The molecule has 2 aliphatic rings. The van der Waals surface area contributed by atoms with Crippen molar-refractivity contribution >= 4 is 46.6 Å². The van der Waals surface area contributed by atoms with Crippen molar-refractivity contribution in [1.29, 1.82) is 0 Å². The van der Waals surface area contributed by atoms with Crippen LogP contribution in [0.15, 0.2) is 42.5 Å². The topological polar surface area (TPSA) is 138 Å². The summed E-state index contributed by atoms with van der Waals surface area (Å²) in [6.07, 6.45) is 3.55. The van der Waals surface area contributed by atoms with Crippen molar-refractivity contribution in [1.82, 2.24) is 4.98 Å². The number of methoxy groups -OCH3 is 1. The minimum absolute atomic E-state index is 0.0117. The van der Waals surface area contributed by atoms with Gasteiger partial charge in [-0.05, 0) is 73.4 Å². The number of Topliss-reactive ketones (excluding diaryl/α,β-unsaturated/α-hetero) is 1. The Hall–Kier alpha value is -4.66. The number of carbonyl (C=O) groups is 4. The molecule has 37 heavy (non-hydrogen) atoms. The maximum Gasteiger partial charge on any atom is 0.303 e.